The predicted octanol–water partition coefficient (Wildman–Crippen LogP) is 3.27. The van der Waals surface area contributed by atoms with Crippen LogP contribution in [-0.2, 0) is 4.74 Å². The summed E-state index contributed by atoms with van der Waals surface area (Å²) in [5.74, 6) is 0. The summed E-state index contributed by atoms with van der Waals surface area (Å²) in [4.78, 5) is 13.1. The van der Waals surface area contributed by atoms with E-state index in [-0.39, 0.29) is 0 Å². The Hall–Kier alpha value is -0.870. The van der Waals surface area contributed by atoms with Gasteiger partial charge in [0.2, 0.25) is 0 Å². The first-order valence-electron chi connectivity index (χ1n) is 6.36. The molecule has 1 unspecified atom stereocenters. The Morgan fingerprint density at radius 2 is 2.39 bits per heavy atom. The first kappa shape index (κ1) is 13.6. The molecule has 18 heavy (non-hydrogen) atoms. The maximum Gasteiger partial charge on any atom is 0.151 e. The smallest absolute Gasteiger partial charge is 0.151 e. The van der Waals surface area contributed by atoms with Crippen molar-refractivity contribution in [3.8, 4) is 0 Å². The SMILES string of the molecule is CCOC1CCCN(c2ccc(C=O)c(Br)c2)C1. The van der Waals surface area contributed by atoms with Crippen LogP contribution in [0.25, 0.3) is 0 Å². The normalized spacial score (nSPS) is 19.9. The topological polar surface area (TPSA) is 29.5 Å². The fourth-order valence-electron chi connectivity index (χ4n) is 2.35. The molecule has 1 saturated heterocycles. The van der Waals surface area contributed by atoms with E-state index in [1.807, 2.05) is 25.1 Å². The number of nitrogens with zero attached hydrogens (tertiary/aromatic N) is 1. The van der Waals surface area contributed by atoms with Crippen molar-refractivity contribution < 1.29 is 9.53 Å². The van der Waals surface area contributed by atoms with Crippen LogP contribution in [0.2, 0.25) is 0 Å². The van der Waals surface area contributed by atoms with Gasteiger partial charge in [0.15, 0.2) is 6.29 Å². The molecule has 0 spiro atoms. The lowest BCUT2D eigenvalue weighted by molar-refractivity contribution is 0.0526. The average Bonchev–Trinajstić information content (AvgIpc) is 2.39. The summed E-state index contributed by atoms with van der Waals surface area (Å²) >= 11 is 3.43. The summed E-state index contributed by atoms with van der Waals surface area (Å²) in [7, 11) is 0. The molecule has 1 aromatic carbocycles. The Kier molecular flexibility index (Phi) is 4.78. The first-order valence-corrected chi connectivity index (χ1v) is 7.15. The third kappa shape index (κ3) is 3.12. The van der Waals surface area contributed by atoms with Crippen molar-refractivity contribution >= 4 is 27.9 Å². The molecule has 98 valence electrons. The molecule has 0 amide bonds. The van der Waals surface area contributed by atoms with Crippen LogP contribution in [-0.4, -0.2) is 32.1 Å². The number of carbonyl (C=O) groups is 1. The zero-order valence-electron chi connectivity index (χ0n) is 10.6. The molecular weight excluding hydrogens is 294 g/mol. The molecule has 1 atom stereocenters. The molecule has 0 radical (unpaired) electrons. The van der Waals surface area contributed by atoms with Gasteiger partial charge in [-0.25, -0.2) is 0 Å². The molecule has 2 rings (SSSR count). The average molecular weight is 312 g/mol. The minimum atomic E-state index is 0.327. The number of hydrogen-bond donors (Lipinski definition) is 0. The van der Waals surface area contributed by atoms with Gasteiger partial charge in [0.05, 0.1) is 6.10 Å². The van der Waals surface area contributed by atoms with E-state index in [1.54, 1.807) is 0 Å². The summed E-state index contributed by atoms with van der Waals surface area (Å²) in [6.07, 6.45) is 3.48. The van der Waals surface area contributed by atoms with E-state index in [4.69, 9.17) is 4.74 Å². The summed E-state index contributed by atoms with van der Waals surface area (Å²) in [5, 5.41) is 0. The fourth-order valence-corrected chi connectivity index (χ4v) is 2.81. The van der Waals surface area contributed by atoms with Gasteiger partial charge in [-0.3, -0.25) is 4.79 Å². The third-order valence-corrected chi connectivity index (χ3v) is 3.94. The molecule has 1 fully saturated rings. The van der Waals surface area contributed by atoms with Crippen molar-refractivity contribution in [3.63, 3.8) is 0 Å². The maximum absolute atomic E-state index is 10.8. The second kappa shape index (κ2) is 6.34. The standard InChI is InChI=1S/C14H18BrNO2/c1-2-18-13-4-3-7-16(9-13)12-6-5-11(10-17)14(15)8-12/h5-6,8,10,13H,2-4,7,9H2,1H3. The minimum Gasteiger partial charge on any atom is -0.377 e. The van der Waals surface area contributed by atoms with Crippen LogP contribution in [0.3, 0.4) is 0 Å². The van der Waals surface area contributed by atoms with Crippen LogP contribution in [0.1, 0.15) is 30.1 Å². The second-order valence-corrected chi connectivity index (χ2v) is 5.34. The molecule has 1 aliphatic heterocycles. The molecular formula is C14H18BrNO2. The van der Waals surface area contributed by atoms with Gasteiger partial charge in [-0.1, -0.05) is 0 Å². The van der Waals surface area contributed by atoms with Gasteiger partial charge in [-0.2, -0.15) is 0 Å². The van der Waals surface area contributed by atoms with Crippen LogP contribution in [0.15, 0.2) is 22.7 Å². The molecule has 0 saturated carbocycles. The molecule has 0 aromatic heterocycles. The van der Waals surface area contributed by atoms with Crippen molar-refractivity contribution in [1.29, 1.82) is 0 Å². The van der Waals surface area contributed by atoms with Crippen molar-refractivity contribution in [2.75, 3.05) is 24.6 Å². The van der Waals surface area contributed by atoms with Crippen molar-refractivity contribution in [3.05, 3.63) is 28.2 Å². The molecule has 1 heterocycles. The minimum absolute atomic E-state index is 0.327. The number of halogens is 1. The van der Waals surface area contributed by atoms with Crippen molar-refractivity contribution in [2.24, 2.45) is 0 Å². The monoisotopic (exact) mass is 311 g/mol. The number of carbonyl (C=O) groups excluding carboxylic acids is 1. The van der Waals surface area contributed by atoms with Crippen molar-refractivity contribution in [2.45, 2.75) is 25.9 Å². The summed E-state index contributed by atoms with van der Waals surface area (Å²) in [5.41, 5.74) is 1.84. The van der Waals surface area contributed by atoms with Crippen LogP contribution in [0.4, 0.5) is 5.69 Å². The molecule has 0 bridgehead atoms. The van der Waals surface area contributed by atoms with E-state index < -0.39 is 0 Å². The molecule has 4 heteroatoms. The highest BCUT2D eigenvalue weighted by Crippen LogP contribution is 2.26. The van der Waals surface area contributed by atoms with Crippen LogP contribution in [0, 0.1) is 0 Å². The predicted molar refractivity (Wildman–Crippen MR) is 76.4 cm³/mol. The summed E-state index contributed by atoms with van der Waals surface area (Å²) < 4.78 is 6.56. The Balaban J connectivity index is 2.10. The van der Waals surface area contributed by atoms with Gasteiger partial charge in [0, 0.05) is 35.4 Å². The fraction of sp³-hybridized carbons (Fsp3) is 0.500. The number of benzene rings is 1. The highest BCUT2D eigenvalue weighted by atomic mass is 79.9. The van der Waals surface area contributed by atoms with Crippen LogP contribution >= 0.6 is 15.9 Å². The lowest BCUT2D eigenvalue weighted by atomic mass is 10.1. The number of rotatable bonds is 4. The number of anilines is 1. The molecule has 3 nitrogen and oxygen atoms in total. The second-order valence-electron chi connectivity index (χ2n) is 4.49. The van der Waals surface area contributed by atoms with Gasteiger partial charge < -0.3 is 9.64 Å². The van der Waals surface area contributed by atoms with E-state index in [0.717, 1.165) is 49.0 Å². The lowest BCUT2D eigenvalue weighted by Gasteiger charge is -2.34. The molecule has 1 aliphatic rings. The summed E-state index contributed by atoms with van der Waals surface area (Å²) in [6.45, 7) is 4.79. The van der Waals surface area contributed by atoms with Gasteiger partial charge in [-0.15, -0.1) is 0 Å². The maximum atomic E-state index is 10.8. The van der Waals surface area contributed by atoms with E-state index >= 15 is 0 Å². The highest BCUT2D eigenvalue weighted by Gasteiger charge is 2.20. The first-order chi connectivity index (χ1) is 8.74. The number of ether oxygens (including phenoxy) is 1. The third-order valence-electron chi connectivity index (χ3n) is 3.26. The quantitative estimate of drug-likeness (QED) is 0.799. The Morgan fingerprint density at radius 1 is 1.56 bits per heavy atom. The van der Waals surface area contributed by atoms with E-state index in [1.165, 1.54) is 0 Å². The van der Waals surface area contributed by atoms with E-state index in [2.05, 4.69) is 20.8 Å². The zero-order valence-corrected chi connectivity index (χ0v) is 12.1. The largest absolute Gasteiger partial charge is 0.377 e. The van der Waals surface area contributed by atoms with Gasteiger partial charge >= 0.3 is 0 Å². The highest BCUT2D eigenvalue weighted by molar-refractivity contribution is 9.10. The zero-order chi connectivity index (χ0) is 13.0. The molecule has 0 aliphatic carbocycles. The van der Waals surface area contributed by atoms with E-state index in [9.17, 15) is 4.79 Å². The van der Waals surface area contributed by atoms with Crippen molar-refractivity contribution in [1.82, 2.24) is 0 Å². The van der Waals surface area contributed by atoms with Crippen LogP contribution < -0.4 is 4.90 Å². The molecule has 0 N–H and O–H groups in total. The van der Waals surface area contributed by atoms with E-state index in [0.29, 0.717) is 11.7 Å². The Bertz CT molecular complexity index is 420. The lowest BCUT2D eigenvalue weighted by Crippen LogP contribution is -2.39. The van der Waals surface area contributed by atoms with Gasteiger partial charge in [0.1, 0.15) is 0 Å². The van der Waals surface area contributed by atoms with Crippen LogP contribution in [0.5, 0.6) is 0 Å². The molecule has 1 aromatic rings. The van der Waals surface area contributed by atoms with Gasteiger partial charge in [0.25, 0.3) is 0 Å². The Labute approximate surface area is 116 Å². The van der Waals surface area contributed by atoms with Gasteiger partial charge in [-0.05, 0) is 53.9 Å². The Morgan fingerprint density at radius 3 is 3.06 bits per heavy atom. The number of aldehydes is 1. The number of piperidine rings is 1. The summed E-state index contributed by atoms with van der Waals surface area (Å²) in [6, 6.07) is 5.87. The number of hydrogen-bond acceptors (Lipinski definition) is 3.